The largest absolute Gasteiger partial charge is 0.416 e. The Balaban J connectivity index is 3.21. The minimum absolute atomic E-state index is 0.00490. The molecule has 120 valence electrons. The van der Waals surface area contributed by atoms with Crippen LogP contribution in [0.1, 0.15) is 24.5 Å². The Kier molecular flexibility index (Phi) is 5.95. The monoisotopic (exact) mass is 377 g/mol. The van der Waals surface area contributed by atoms with E-state index in [1.807, 2.05) is 0 Å². The molecule has 0 saturated heterocycles. The molecule has 0 fully saturated rings. The van der Waals surface area contributed by atoms with Crippen molar-refractivity contribution in [3.05, 3.63) is 29.3 Å². The van der Waals surface area contributed by atoms with Gasteiger partial charge in [0, 0.05) is 17.6 Å². The average molecular weight is 378 g/mol. The molecule has 21 heavy (non-hydrogen) atoms. The Labute approximate surface area is 127 Å². The summed E-state index contributed by atoms with van der Waals surface area (Å²) in [6.07, 6.45) is -8.67. The van der Waals surface area contributed by atoms with Crippen LogP contribution < -0.4 is 4.90 Å². The van der Waals surface area contributed by atoms with Crippen molar-refractivity contribution in [2.45, 2.75) is 31.0 Å². The van der Waals surface area contributed by atoms with Gasteiger partial charge in [-0.25, -0.2) is 0 Å². The second-order valence-corrected chi connectivity index (χ2v) is 5.07. The lowest BCUT2D eigenvalue weighted by atomic mass is 10.1. The summed E-state index contributed by atoms with van der Waals surface area (Å²) in [5.41, 5.74) is -0.999. The van der Waals surface area contributed by atoms with Gasteiger partial charge in [0.2, 0.25) is 0 Å². The maximum atomic E-state index is 12.9. The van der Waals surface area contributed by atoms with Crippen LogP contribution in [0.3, 0.4) is 0 Å². The number of rotatable bonds is 5. The van der Waals surface area contributed by atoms with Gasteiger partial charge in [0.15, 0.2) is 0 Å². The van der Waals surface area contributed by atoms with Crippen molar-refractivity contribution < 1.29 is 26.3 Å². The fraction of sp³-hybridized carbons (Fsp3) is 0.538. The van der Waals surface area contributed by atoms with E-state index in [2.05, 4.69) is 15.9 Å². The Hall–Kier alpha value is -0.920. The number of nitrogens with zero attached hydrogens (tertiary/aromatic N) is 1. The molecule has 8 heteroatoms. The van der Waals surface area contributed by atoms with Crippen LogP contribution in [0, 0.1) is 0 Å². The summed E-state index contributed by atoms with van der Waals surface area (Å²) in [5.74, 6) is 0. The SMILES string of the molecule is CCCN(CC(F)(F)F)c1ccc(CBr)c(C(F)(F)F)c1. The Morgan fingerprint density at radius 2 is 1.71 bits per heavy atom. The van der Waals surface area contributed by atoms with E-state index in [1.165, 1.54) is 12.1 Å². The zero-order chi connectivity index (χ0) is 16.3. The van der Waals surface area contributed by atoms with Crippen LogP contribution in [-0.4, -0.2) is 19.3 Å². The van der Waals surface area contributed by atoms with Crippen molar-refractivity contribution in [3.8, 4) is 0 Å². The van der Waals surface area contributed by atoms with Crippen molar-refractivity contribution in [2.24, 2.45) is 0 Å². The van der Waals surface area contributed by atoms with E-state index >= 15 is 0 Å². The van der Waals surface area contributed by atoms with Crippen molar-refractivity contribution in [3.63, 3.8) is 0 Å². The van der Waals surface area contributed by atoms with Gasteiger partial charge in [-0.05, 0) is 24.1 Å². The predicted octanol–water partition coefficient (Wildman–Crippen LogP) is 5.38. The second kappa shape index (κ2) is 6.89. The van der Waals surface area contributed by atoms with E-state index in [9.17, 15) is 26.3 Å². The zero-order valence-corrected chi connectivity index (χ0v) is 12.7. The van der Waals surface area contributed by atoms with Crippen LogP contribution in [0.25, 0.3) is 0 Å². The first kappa shape index (κ1) is 18.1. The summed E-state index contributed by atoms with van der Waals surface area (Å²) in [5, 5.41) is -0.0187. The van der Waals surface area contributed by atoms with Gasteiger partial charge in [-0.2, -0.15) is 26.3 Å². The fourth-order valence-corrected chi connectivity index (χ4v) is 2.42. The highest BCUT2D eigenvalue weighted by molar-refractivity contribution is 9.08. The Morgan fingerprint density at radius 1 is 1.10 bits per heavy atom. The molecule has 1 aromatic carbocycles. The molecule has 0 aliphatic rings. The predicted molar refractivity (Wildman–Crippen MR) is 72.6 cm³/mol. The summed E-state index contributed by atoms with van der Waals surface area (Å²) >= 11 is 2.95. The number of halogens is 7. The number of hydrogen-bond donors (Lipinski definition) is 0. The lowest BCUT2D eigenvalue weighted by molar-refractivity contribution is -0.138. The Morgan fingerprint density at radius 3 is 2.14 bits per heavy atom. The van der Waals surface area contributed by atoms with E-state index in [-0.39, 0.29) is 23.1 Å². The third kappa shape index (κ3) is 5.41. The summed E-state index contributed by atoms with van der Waals surface area (Å²) in [6.45, 7) is 0.428. The molecule has 0 bridgehead atoms. The second-order valence-electron chi connectivity index (χ2n) is 4.51. The normalized spacial score (nSPS) is 12.6. The van der Waals surface area contributed by atoms with Gasteiger partial charge in [0.05, 0.1) is 5.56 Å². The number of hydrogen-bond acceptors (Lipinski definition) is 1. The van der Waals surface area contributed by atoms with Gasteiger partial charge < -0.3 is 4.90 Å². The van der Waals surface area contributed by atoms with Crippen LogP contribution in [-0.2, 0) is 11.5 Å². The molecule has 0 aliphatic carbocycles. The maximum Gasteiger partial charge on any atom is 0.416 e. The quantitative estimate of drug-likeness (QED) is 0.491. The lowest BCUT2D eigenvalue weighted by Crippen LogP contribution is -2.35. The third-order valence-corrected chi connectivity index (χ3v) is 3.38. The highest BCUT2D eigenvalue weighted by atomic mass is 79.9. The zero-order valence-electron chi connectivity index (χ0n) is 11.2. The molecule has 0 saturated carbocycles. The lowest BCUT2D eigenvalue weighted by Gasteiger charge is -2.26. The van der Waals surface area contributed by atoms with Crippen molar-refractivity contribution in [1.82, 2.24) is 0 Å². The molecular weight excluding hydrogens is 364 g/mol. The van der Waals surface area contributed by atoms with Crippen LogP contribution in [0.4, 0.5) is 32.0 Å². The minimum Gasteiger partial charge on any atom is -0.363 e. The summed E-state index contributed by atoms with van der Waals surface area (Å²) in [4.78, 5) is 0.910. The molecule has 1 aromatic rings. The topological polar surface area (TPSA) is 3.24 Å². The molecule has 0 heterocycles. The van der Waals surface area contributed by atoms with Gasteiger partial charge in [0.1, 0.15) is 6.54 Å². The fourth-order valence-electron chi connectivity index (χ4n) is 1.93. The van der Waals surface area contributed by atoms with E-state index in [1.54, 1.807) is 6.92 Å². The van der Waals surface area contributed by atoms with Crippen LogP contribution in [0.2, 0.25) is 0 Å². The van der Waals surface area contributed by atoms with Crippen molar-refractivity contribution >= 4 is 21.6 Å². The standard InChI is InChI=1S/C13H14BrF6N/c1-2-5-21(8-12(15,16)17)10-4-3-9(7-14)11(6-10)13(18,19)20/h3-4,6H,2,5,7-8H2,1H3. The van der Waals surface area contributed by atoms with Crippen LogP contribution >= 0.6 is 15.9 Å². The molecule has 1 nitrogen and oxygen atoms in total. The van der Waals surface area contributed by atoms with Gasteiger partial charge in [-0.15, -0.1) is 0 Å². The van der Waals surface area contributed by atoms with E-state index in [0.29, 0.717) is 6.42 Å². The molecular formula is C13H14BrF6N. The highest BCUT2D eigenvalue weighted by Crippen LogP contribution is 2.36. The van der Waals surface area contributed by atoms with Crippen LogP contribution in [0.5, 0.6) is 0 Å². The van der Waals surface area contributed by atoms with Gasteiger partial charge in [0.25, 0.3) is 0 Å². The Bertz CT molecular complexity index is 469. The average Bonchev–Trinajstić information content (AvgIpc) is 2.35. The van der Waals surface area contributed by atoms with Gasteiger partial charge >= 0.3 is 12.4 Å². The first-order valence-electron chi connectivity index (χ1n) is 6.16. The molecule has 0 radical (unpaired) electrons. The van der Waals surface area contributed by atoms with E-state index < -0.39 is 24.5 Å². The van der Waals surface area contributed by atoms with Crippen molar-refractivity contribution in [2.75, 3.05) is 18.0 Å². The first-order chi connectivity index (χ1) is 9.58. The molecule has 0 N–H and O–H groups in total. The van der Waals surface area contributed by atoms with Crippen LogP contribution in [0.15, 0.2) is 18.2 Å². The summed E-state index contributed by atoms with van der Waals surface area (Å²) in [6, 6.07) is 3.26. The molecule has 0 amide bonds. The summed E-state index contributed by atoms with van der Waals surface area (Å²) in [7, 11) is 0. The maximum absolute atomic E-state index is 12.9. The third-order valence-electron chi connectivity index (χ3n) is 2.77. The number of alkyl halides is 7. The van der Waals surface area contributed by atoms with E-state index in [4.69, 9.17) is 0 Å². The van der Waals surface area contributed by atoms with E-state index in [0.717, 1.165) is 11.0 Å². The molecule has 0 aliphatic heterocycles. The molecule has 0 atom stereocenters. The highest BCUT2D eigenvalue weighted by Gasteiger charge is 2.35. The first-order valence-corrected chi connectivity index (χ1v) is 7.28. The minimum atomic E-state index is -4.60. The molecule has 0 spiro atoms. The molecule has 0 unspecified atom stereocenters. The molecule has 1 rings (SSSR count). The van der Waals surface area contributed by atoms with Crippen molar-refractivity contribution in [1.29, 1.82) is 0 Å². The number of anilines is 1. The summed E-state index contributed by atoms with van der Waals surface area (Å²) < 4.78 is 76.4. The van der Waals surface area contributed by atoms with Gasteiger partial charge in [-0.1, -0.05) is 28.9 Å². The molecule has 0 aromatic heterocycles. The smallest absolute Gasteiger partial charge is 0.363 e. The number of benzene rings is 1. The van der Waals surface area contributed by atoms with Gasteiger partial charge in [-0.3, -0.25) is 0 Å².